The van der Waals surface area contributed by atoms with Crippen LogP contribution in [0.5, 0.6) is 0 Å². The second-order valence-corrected chi connectivity index (χ2v) is 13.1. The number of fused-ring (bicyclic) bond motifs is 1. The molecule has 5 aromatic rings. The quantitative estimate of drug-likeness (QED) is 0.192. The number of nitrogens with one attached hydrogen (secondary N) is 2. The zero-order chi connectivity index (χ0) is 33.0. The maximum Gasteiger partial charge on any atom is 0.267 e. The van der Waals surface area contributed by atoms with Gasteiger partial charge in [0.05, 0.1) is 39.6 Å². The first-order chi connectivity index (χ1) is 21.9. The van der Waals surface area contributed by atoms with E-state index in [-0.39, 0.29) is 45.8 Å². The number of sulfonamides is 1. The molecule has 2 aromatic carbocycles. The zero-order valence-electron chi connectivity index (χ0n) is 25.1. The van der Waals surface area contributed by atoms with Crippen LogP contribution >= 0.6 is 11.6 Å². The second-order valence-electron chi connectivity index (χ2n) is 10.9. The minimum atomic E-state index is -3.50. The normalized spacial score (nSPS) is 12.1. The third-order valence-electron chi connectivity index (χ3n) is 6.75. The van der Waals surface area contributed by atoms with Crippen LogP contribution in [-0.2, 0) is 16.6 Å². The number of benzene rings is 2. The maximum atomic E-state index is 14.1. The summed E-state index contributed by atoms with van der Waals surface area (Å²) in [5, 5.41) is 3.72. The number of nitrogen functional groups attached to an aromatic ring is 1. The van der Waals surface area contributed by atoms with E-state index in [4.69, 9.17) is 22.3 Å². The van der Waals surface area contributed by atoms with Crippen molar-refractivity contribution in [3.63, 3.8) is 0 Å². The lowest BCUT2D eigenvalue weighted by atomic mass is 10.1. The Balaban J connectivity index is 1.57. The summed E-state index contributed by atoms with van der Waals surface area (Å²) in [6.45, 7) is 5.48. The van der Waals surface area contributed by atoms with Gasteiger partial charge >= 0.3 is 0 Å². The second kappa shape index (κ2) is 13.6. The lowest BCUT2D eigenvalue weighted by Crippen LogP contribution is -2.29. The van der Waals surface area contributed by atoms with Gasteiger partial charge in [-0.05, 0) is 60.7 Å². The highest BCUT2D eigenvalue weighted by atomic mass is 35.5. The third-order valence-corrected chi connectivity index (χ3v) is 8.76. The minimum Gasteiger partial charge on any atom is -0.382 e. The number of aromatic nitrogens is 5. The van der Waals surface area contributed by atoms with Gasteiger partial charge in [-0.1, -0.05) is 49.6 Å². The fraction of sp³-hybridized carbons (Fsp3) is 0.219. The highest BCUT2D eigenvalue weighted by molar-refractivity contribution is 7.89. The van der Waals surface area contributed by atoms with Gasteiger partial charge in [-0.3, -0.25) is 9.36 Å². The molecule has 0 saturated carbocycles. The number of hydrogen-bond donors (Lipinski definition) is 3. The molecule has 0 amide bonds. The molecule has 14 heteroatoms. The molecule has 46 heavy (non-hydrogen) atoms. The van der Waals surface area contributed by atoms with Crippen LogP contribution in [0.25, 0.3) is 16.6 Å². The lowest BCUT2D eigenvalue weighted by molar-refractivity contribution is 0.568. The van der Waals surface area contributed by atoms with Crippen molar-refractivity contribution in [2.45, 2.75) is 33.4 Å². The van der Waals surface area contributed by atoms with Crippen LogP contribution in [0.15, 0.2) is 71.9 Å². The van der Waals surface area contributed by atoms with Crippen LogP contribution in [0.2, 0.25) is 5.02 Å². The Morgan fingerprint density at radius 2 is 1.83 bits per heavy atom. The molecule has 5 rings (SSSR count). The van der Waals surface area contributed by atoms with E-state index in [1.54, 1.807) is 49.4 Å². The van der Waals surface area contributed by atoms with Gasteiger partial charge < -0.3 is 11.1 Å². The predicted octanol–water partition coefficient (Wildman–Crippen LogP) is 4.59. The van der Waals surface area contributed by atoms with Gasteiger partial charge in [0.2, 0.25) is 10.0 Å². The van der Waals surface area contributed by atoms with E-state index < -0.39 is 27.4 Å². The fourth-order valence-electron chi connectivity index (χ4n) is 4.72. The molecule has 236 valence electrons. The van der Waals surface area contributed by atoms with E-state index >= 15 is 0 Å². The zero-order valence-corrected chi connectivity index (χ0v) is 26.7. The standard InChI is InChI=1S/C32H30ClFN8O3S/c1-19(2)17-46(44,45)39-15-21-6-4-7-24(14-21)42-31(41-27-9-5-8-26(33)28(27)32(42)43)20(3)40-30-25(29(35)37-18-38-30)13-12-23-11-10-22(34)16-36-23/h4-11,14,16,18-20,39H,15,17H2,1-3H3,(H3,35,37,38,40). The molecule has 3 heterocycles. The molecule has 0 spiro atoms. The highest BCUT2D eigenvalue weighted by Gasteiger charge is 2.22. The first-order valence-corrected chi connectivity index (χ1v) is 16.2. The topological polar surface area (TPSA) is 158 Å². The molecule has 1 atom stereocenters. The molecule has 1 unspecified atom stereocenters. The van der Waals surface area contributed by atoms with Crippen molar-refractivity contribution in [3.8, 4) is 17.5 Å². The van der Waals surface area contributed by atoms with Gasteiger partial charge in [0.25, 0.3) is 5.56 Å². The Hall–Kier alpha value is -4.90. The summed E-state index contributed by atoms with van der Waals surface area (Å²) in [4.78, 5) is 31.2. The predicted molar refractivity (Wildman–Crippen MR) is 176 cm³/mol. The van der Waals surface area contributed by atoms with Crippen molar-refractivity contribution in [3.05, 3.63) is 111 Å². The number of pyridine rings is 1. The largest absolute Gasteiger partial charge is 0.382 e. The van der Waals surface area contributed by atoms with E-state index in [1.165, 1.54) is 23.0 Å². The monoisotopic (exact) mass is 660 g/mol. The molecular formula is C32H30ClFN8O3S. The number of hydrogen-bond acceptors (Lipinski definition) is 9. The Kier molecular flexibility index (Phi) is 9.62. The van der Waals surface area contributed by atoms with Crippen LogP contribution in [-0.4, -0.2) is 38.7 Å². The first-order valence-electron chi connectivity index (χ1n) is 14.2. The third kappa shape index (κ3) is 7.48. The van der Waals surface area contributed by atoms with Gasteiger partial charge in [0.1, 0.15) is 40.9 Å². The molecule has 0 bridgehead atoms. The number of nitrogens with zero attached hydrogens (tertiary/aromatic N) is 5. The summed E-state index contributed by atoms with van der Waals surface area (Å²) >= 11 is 6.47. The maximum absolute atomic E-state index is 14.1. The summed E-state index contributed by atoms with van der Waals surface area (Å²) in [6, 6.07) is 14.0. The van der Waals surface area contributed by atoms with Gasteiger partial charge in [-0.15, -0.1) is 0 Å². The average Bonchev–Trinajstić information content (AvgIpc) is 3.00. The van der Waals surface area contributed by atoms with E-state index in [0.717, 1.165) is 6.20 Å². The molecule has 0 aliphatic carbocycles. The van der Waals surface area contributed by atoms with Crippen molar-refractivity contribution in [1.82, 2.24) is 29.2 Å². The lowest BCUT2D eigenvalue weighted by Gasteiger charge is -2.21. The molecule has 4 N–H and O–H groups in total. The van der Waals surface area contributed by atoms with E-state index in [9.17, 15) is 17.6 Å². The molecule has 0 aliphatic rings. The number of rotatable bonds is 9. The highest BCUT2D eigenvalue weighted by Crippen LogP contribution is 2.26. The average molecular weight is 661 g/mol. The van der Waals surface area contributed by atoms with Gasteiger partial charge in [0.15, 0.2) is 0 Å². The molecule has 3 aromatic heterocycles. The van der Waals surface area contributed by atoms with Crippen molar-refractivity contribution in [2.75, 3.05) is 16.8 Å². The summed E-state index contributed by atoms with van der Waals surface area (Å²) < 4.78 is 42.3. The first kappa shape index (κ1) is 32.5. The molecule has 0 fully saturated rings. The van der Waals surface area contributed by atoms with Crippen molar-refractivity contribution in [1.29, 1.82) is 0 Å². The van der Waals surface area contributed by atoms with E-state index in [1.807, 2.05) is 13.8 Å². The molecule has 11 nitrogen and oxygen atoms in total. The molecule has 0 radical (unpaired) electrons. The van der Waals surface area contributed by atoms with Crippen LogP contribution < -0.4 is 21.3 Å². The number of anilines is 2. The number of nitrogens with two attached hydrogens (primary N) is 1. The molecule has 0 aliphatic heterocycles. The van der Waals surface area contributed by atoms with E-state index in [0.29, 0.717) is 28.3 Å². The van der Waals surface area contributed by atoms with Crippen LogP contribution in [0, 0.1) is 23.6 Å². The minimum absolute atomic E-state index is 0.00704. The molecular weight excluding hydrogens is 631 g/mol. The Morgan fingerprint density at radius 1 is 1.04 bits per heavy atom. The Morgan fingerprint density at radius 3 is 2.57 bits per heavy atom. The summed E-state index contributed by atoms with van der Waals surface area (Å²) in [5.74, 6) is 5.89. The van der Waals surface area contributed by atoms with Gasteiger partial charge in [0, 0.05) is 6.54 Å². The van der Waals surface area contributed by atoms with Crippen LogP contribution in [0.3, 0.4) is 0 Å². The summed E-state index contributed by atoms with van der Waals surface area (Å²) in [5.41, 5.74) is 7.81. The molecule has 0 saturated heterocycles. The van der Waals surface area contributed by atoms with Crippen LogP contribution in [0.1, 0.15) is 49.5 Å². The SMILES string of the molecule is CC(C)CS(=O)(=O)NCc1cccc(-n2c(C(C)Nc3ncnc(N)c3C#Cc3ccc(F)cn3)nc3cccc(Cl)c3c2=O)c1. The Bertz CT molecular complexity index is 2150. The van der Waals surface area contributed by atoms with Crippen molar-refractivity contribution in [2.24, 2.45) is 5.92 Å². The summed E-state index contributed by atoms with van der Waals surface area (Å²) in [7, 11) is -3.50. The number of halogens is 2. The fourth-order valence-corrected chi connectivity index (χ4v) is 6.35. The Labute approximate surface area is 270 Å². The van der Waals surface area contributed by atoms with Crippen molar-refractivity contribution >= 4 is 44.2 Å². The van der Waals surface area contributed by atoms with E-state index in [2.05, 4.69) is 36.8 Å². The smallest absolute Gasteiger partial charge is 0.267 e. The van der Waals surface area contributed by atoms with Crippen LogP contribution in [0.4, 0.5) is 16.0 Å². The summed E-state index contributed by atoms with van der Waals surface area (Å²) in [6.07, 6.45) is 2.33. The van der Waals surface area contributed by atoms with Gasteiger partial charge in [-0.2, -0.15) is 0 Å². The van der Waals surface area contributed by atoms with Crippen molar-refractivity contribution < 1.29 is 12.8 Å². The van der Waals surface area contributed by atoms with Gasteiger partial charge in [-0.25, -0.2) is 37.5 Å².